The zero-order valence-corrected chi connectivity index (χ0v) is 27.0. The molecule has 1 aromatic carbocycles. The van der Waals surface area contributed by atoms with Gasteiger partial charge in [-0.05, 0) is 67.5 Å². The van der Waals surface area contributed by atoms with Gasteiger partial charge in [0.2, 0.25) is 5.91 Å². The van der Waals surface area contributed by atoms with Crippen LogP contribution < -0.4 is 15.6 Å². The van der Waals surface area contributed by atoms with Crippen LogP contribution in [-0.2, 0) is 0 Å². The Morgan fingerprint density at radius 2 is 1.74 bits per heavy atom. The van der Waals surface area contributed by atoms with Gasteiger partial charge >= 0.3 is 0 Å². The second kappa shape index (κ2) is 18.9. The number of carbonyl (C=O) groups is 1. The predicted molar refractivity (Wildman–Crippen MR) is 183 cm³/mol. The van der Waals surface area contributed by atoms with Gasteiger partial charge in [0.25, 0.3) is 5.56 Å². The first kappa shape index (κ1) is 33.3. The van der Waals surface area contributed by atoms with E-state index in [1.165, 1.54) is 61.2 Å². The van der Waals surface area contributed by atoms with Crippen molar-refractivity contribution in [1.29, 1.82) is 0 Å². The third kappa shape index (κ3) is 10.8. The lowest BCUT2D eigenvalue weighted by molar-refractivity contribution is 0.0900. The number of benzene rings is 1. The number of allylic oxidation sites excluding steroid dienone is 2. The van der Waals surface area contributed by atoms with Crippen molar-refractivity contribution in [1.82, 2.24) is 9.88 Å². The molecule has 0 radical (unpaired) electrons. The monoisotopic (exact) mass is 605 g/mol. The molecular formula is C36H51N3O3S. The van der Waals surface area contributed by atoms with E-state index in [1.54, 1.807) is 6.07 Å². The van der Waals surface area contributed by atoms with Gasteiger partial charge in [-0.2, -0.15) is 0 Å². The summed E-state index contributed by atoms with van der Waals surface area (Å²) in [5.74, 6) is 1.68. The number of ether oxygens (including phenoxy) is 1. The summed E-state index contributed by atoms with van der Waals surface area (Å²) in [5.41, 5.74) is 2.96. The van der Waals surface area contributed by atoms with Crippen LogP contribution in [0.4, 0.5) is 0 Å². The maximum atomic E-state index is 13.1. The van der Waals surface area contributed by atoms with Gasteiger partial charge in [0.05, 0.1) is 24.4 Å². The summed E-state index contributed by atoms with van der Waals surface area (Å²) in [6.45, 7) is 5.44. The number of nitrogens with one attached hydrogen (secondary N) is 1. The molecule has 1 aliphatic heterocycles. The Bertz CT molecular complexity index is 1310. The van der Waals surface area contributed by atoms with Crippen LogP contribution in [0.3, 0.4) is 0 Å². The highest BCUT2D eigenvalue weighted by molar-refractivity contribution is 8.00. The molecule has 7 heteroatoms. The molecular weight excluding hydrogens is 554 g/mol. The second-order valence-electron chi connectivity index (χ2n) is 11.7. The quantitative estimate of drug-likeness (QED) is 0.154. The molecule has 2 aromatic rings. The highest BCUT2D eigenvalue weighted by atomic mass is 32.2. The SMILES string of the molecule is CCCCCCCCCCCCC(=O)n1c(=O)ccc2ccc(OCCCCNCCN=C3C=CCC4SCC=C34)cc21. The topological polar surface area (TPSA) is 72.7 Å². The van der Waals surface area contributed by atoms with Gasteiger partial charge in [-0.3, -0.25) is 14.6 Å². The van der Waals surface area contributed by atoms with Crippen molar-refractivity contribution in [3.63, 3.8) is 0 Å². The van der Waals surface area contributed by atoms with Crippen molar-refractivity contribution in [2.45, 2.75) is 102 Å². The third-order valence-corrected chi connectivity index (χ3v) is 9.53. The number of pyridine rings is 1. The summed E-state index contributed by atoms with van der Waals surface area (Å²) in [7, 11) is 0. The normalized spacial score (nSPS) is 17.0. The summed E-state index contributed by atoms with van der Waals surface area (Å²) in [6, 6.07) is 8.97. The fraction of sp³-hybridized carbons (Fsp3) is 0.583. The van der Waals surface area contributed by atoms with Crippen molar-refractivity contribution in [2.24, 2.45) is 4.99 Å². The molecule has 1 unspecified atom stereocenters. The van der Waals surface area contributed by atoms with Crippen molar-refractivity contribution in [3.05, 3.63) is 64.5 Å². The number of rotatable bonds is 20. The van der Waals surface area contributed by atoms with Gasteiger partial charge in [0.1, 0.15) is 5.75 Å². The standard InChI is InChI=1S/C36H51N3O3S/c1-2-3-4-5-6-7-8-9-10-11-17-35(40)39-33-28-30(20-18-29(33)19-21-36(39)41)42-26-13-12-23-37-24-25-38-32-15-14-16-34-31(32)22-27-43-34/h14-15,18-22,28,34,37H,2-13,16-17,23-27H2,1H3. The van der Waals surface area contributed by atoms with E-state index in [1.807, 2.05) is 30.0 Å². The van der Waals surface area contributed by atoms with Gasteiger partial charge in [-0.25, -0.2) is 4.57 Å². The average Bonchev–Trinajstić information content (AvgIpc) is 3.51. The molecule has 0 saturated heterocycles. The lowest BCUT2D eigenvalue weighted by Crippen LogP contribution is -2.26. The number of hydrogen-bond donors (Lipinski definition) is 1. The first-order valence-electron chi connectivity index (χ1n) is 16.7. The largest absolute Gasteiger partial charge is 0.494 e. The number of aromatic nitrogens is 1. The molecule has 2 heterocycles. The van der Waals surface area contributed by atoms with Crippen molar-refractivity contribution < 1.29 is 9.53 Å². The third-order valence-electron chi connectivity index (χ3n) is 8.32. The average molecular weight is 606 g/mol. The van der Waals surface area contributed by atoms with Crippen molar-refractivity contribution in [2.75, 3.05) is 32.0 Å². The maximum Gasteiger partial charge on any atom is 0.257 e. The minimum atomic E-state index is -0.267. The molecule has 2 aliphatic rings. The smallest absolute Gasteiger partial charge is 0.257 e. The Labute approximate surface area is 262 Å². The summed E-state index contributed by atoms with van der Waals surface area (Å²) < 4.78 is 7.35. The van der Waals surface area contributed by atoms with Crippen LogP contribution in [0, 0.1) is 0 Å². The van der Waals surface area contributed by atoms with E-state index >= 15 is 0 Å². The first-order valence-corrected chi connectivity index (χ1v) is 17.8. The van der Waals surface area contributed by atoms with Gasteiger partial charge in [-0.15, -0.1) is 11.8 Å². The molecule has 0 saturated carbocycles. The fourth-order valence-electron chi connectivity index (χ4n) is 5.84. The molecule has 1 aliphatic carbocycles. The molecule has 0 fully saturated rings. The van der Waals surface area contributed by atoms with Crippen LogP contribution in [0.2, 0.25) is 0 Å². The summed E-state index contributed by atoms with van der Waals surface area (Å²) in [4.78, 5) is 30.6. The lowest BCUT2D eigenvalue weighted by atomic mass is 9.98. The Morgan fingerprint density at radius 3 is 2.56 bits per heavy atom. The summed E-state index contributed by atoms with van der Waals surface area (Å²) in [6.07, 6.45) is 22.4. The van der Waals surface area contributed by atoms with Gasteiger partial charge in [-0.1, -0.05) is 76.9 Å². The zero-order valence-electron chi connectivity index (χ0n) is 26.2. The molecule has 43 heavy (non-hydrogen) atoms. The van der Waals surface area contributed by atoms with Gasteiger partial charge in [0.15, 0.2) is 0 Å². The van der Waals surface area contributed by atoms with Crippen LogP contribution in [0.5, 0.6) is 5.75 Å². The Morgan fingerprint density at radius 1 is 0.977 bits per heavy atom. The number of unbranched alkanes of at least 4 members (excludes halogenated alkanes) is 10. The fourth-order valence-corrected chi connectivity index (χ4v) is 6.99. The molecule has 1 atom stereocenters. The molecule has 234 valence electrons. The van der Waals surface area contributed by atoms with Crippen LogP contribution in [0.1, 0.15) is 102 Å². The van der Waals surface area contributed by atoms with Gasteiger partial charge in [0, 0.05) is 36.1 Å². The summed E-state index contributed by atoms with van der Waals surface area (Å²) >= 11 is 2.01. The van der Waals surface area contributed by atoms with E-state index < -0.39 is 0 Å². The van der Waals surface area contributed by atoms with E-state index in [9.17, 15) is 9.59 Å². The van der Waals surface area contributed by atoms with Crippen molar-refractivity contribution in [3.8, 4) is 5.75 Å². The zero-order chi connectivity index (χ0) is 30.1. The highest BCUT2D eigenvalue weighted by Gasteiger charge is 2.24. The second-order valence-corrected chi connectivity index (χ2v) is 13.0. The molecule has 1 aromatic heterocycles. The van der Waals surface area contributed by atoms with E-state index in [-0.39, 0.29) is 11.5 Å². The van der Waals surface area contributed by atoms with E-state index in [2.05, 4.69) is 30.5 Å². The van der Waals surface area contributed by atoms with Crippen molar-refractivity contribution >= 4 is 34.3 Å². The molecule has 0 spiro atoms. The number of thioether (sulfide) groups is 1. The summed E-state index contributed by atoms with van der Waals surface area (Å²) in [5, 5.41) is 4.97. The molecule has 0 bridgehead atoms. The Hall–Kier alpha value is -2.64. The van der Waals surface area contributed by atoms with Crippen LogP contribution in [-0.4, -0.2) is 53.4 Å². The van der Waals surface area contributed by atoms with E-state index in [0.29, 0.717) is 29.5 Å². The van der Waals surface area contributed by atoms with E-state index in [4.69, 9.17) is 9.73 Å². The molecule has 0 amide bonds. The van der Waals surface area contributed by atoms with Gasteiger partial charge < -0.3 is 10.1 Å². The van der Waals surface area contributed by atoms with Crippen LogP contribution in [0.25, 0.3) is 10.9 Å². The number of carbonyl (C=O) groups excluding carboxylic acids is 1. The number of hydrogen-bond acceptors (Lipinski definition) is 6. The number of fused-ring (bicyclic) bond motifs is 2. The lowest BCUT2D eigenvalue weighted by Gasteiger charge is -2.17. The molecule has 4 rings (SSSR count). The molecule has 6 nitrogen and oxygen atoms in total. The highest BCUT2D eigenvalue weighted by Crippen LogP contribution is 2.33. The van der Waals surface area contributed by atoms with Crippen LogP contribution >= 0.6 is 11.8 Å². The number of aliphatic imine (C=N–C) groups is 1. The Kier molecular flexibility index (Phi) is 14.6. The predicted octanol–water partition coefficient (Wildman–Crippen LogP) is 8.14. The minimum absolute atomic E-state index is 0.123. The minimum Gasteiger partial charge on any atom is -0.494 e. The van der Waals surface area contributed by atoms with Crippen LogP contribution in [0.15, 0.2) is 63.9 Å². The Balaban J connectivity index is 1.13. The van der Waals surface area contributed by atoms with E-state index in [0.717, 1.165) is 75.0 Å². The molecule has 1 N–H and O–H groups in total. The first-order chi connectivity index (χ1) is 21.2. The number of nitrogens with zero attached hydrogens (tertiary/aromatic N) is 2. The maximum absolute atomic E-state index is 13.1.